The standard InChI is InChI=1S/C14H14N2O2.ClH/c17-14(18)13-4-2-1-3-12(13)10-16-9-11-5-7-15-8-6-11;/h1-8,16H,9-10H2,(H,17,18);1H. The summed E-state index contributed by atoms with van der Waals surface area (Å²) in [6, 6.07) is 10.9. The first-order chi connectivity index (χ1) is 8.77. The first-order valence-electron chi connectivity index (χ1n) is 5.68. The molecule has 0 aliphatic rings. The van der Waals surface area contributed by atoms with Gasteiger partial charge in [0.05, 0.1) is 5.56 Å². The number of carboxylic acid groups (broad SMARTS) is 1. The summed E-state index contributed by atoms with van der Waals surface area (Å²) in [6.07, 6.45) is 3.48. The van der Waals surface area contributed by atoms with Gasteiger partial charge in [-0.2, -0.15) is 0 Å². The van der Waals surface area contributed by atoms with Crippen LogP contribution < -0.4 is 5.32 Å². The zero-order valence-electron chi connectivity index (χ0n) is 10.2. The first kappa shape index (κ1) is 15.1. The van der Waals surface area contributed by atoms with E-state index in [0.717, 1.165) is 11.1 Å². The number of carbonyl (C=O) groups is 1. The molecule has 2 aromatic rings. The number of aromatic carboxylic acids is 1. The van der Waals surface area contributed by atoms with Gasteiger partial charge in [0.25, 0.3) is 0 Å². The van der Waals surface area contributed by atoms with E-state index in [-0.39, 0.29) is 12.4 Å². The van der Waals surface area contributed by atoms with E-state index in [1.807, 2.05) is 24.3 Å². The molecule has 0 aliphatic carbocycles. The number of rotatable bonds is 5. The van der Waals surface area contributed by atoms with Gasteiger partial charge in [-0.25, -0.2) is 4.79 Å². The Morgan fingerprint density at radius 2 is 1.79 bits per heavy atom. The quantitative estimate of drug-likeness (QED) is 0.882. The van der Waals surface area contributed by atoms with Crippen LogP contribution >= 0.6 is 12.4 Å². The predicted octanol–water partition coefficient (Wildman–Crippen LogP) is 2.49. The average molecular weight is 279 g/mol. The molecule has 0 amide bonds. The molecule has 5 heteroatoms. The second kappa shape index (κ2) is 7.51. The van der Waals surface area contributed by atoms with Crippen molar-refractivity contribution in [2.45, 2.75) is 13.1 Å². The van der Waals surface area contributed by atoms with Gasteiger partial charge in [-0.15, -0.1) is 12.4 Å². The van der Waals surface area contributed by atoms with Crippen LogP contribution in [0.5, 0.6) is 0 Å². The van der Waals surface area contributed by atoms with Gasteiger partial charge in [-0.05, 0) is 29.3 Å². The molecule has 2 rings (SSSR count). The molecular formula is C14H15ClN2O2. The van der Waals surface area contributed by atoms with Crippen molar-refractivity contribution in [1.82, 2.24) is 10.3 Å². The maximum absolute atomic E-state index is 11.0. The number of nitrogens with one attached hydrogen (secondary N) is 1. The van der Waals surface area contributed by atoms with E-state index in [2.05, 4.69) is 10.3 Å². The summed E-state index contributed by atoms with van der Waals surface area (Å²) in [5.74, 6) is -0.892. The van der Waals surface area contributed by atoms with Crippen molar-refractivity contribution in [2.24, 2.45) is 0 Å². The molecular weight excluding hydrogens is 264 g/mol. The molecule has 0 bridgehead atoms. The summed E-state index contributed by atoms with van der Waals surface area (Å²) in [6.45, 7) is 1.22. The normalized spacial score (nSPS) is 9.68. The molecule has 1 aromatic carbocycles. The fourth-order valence-electron chi connectivity index (χ4n) is 1.73. The zero-order chi connectivity index (χ0) is 12.8. The number of hydrogen-bond acceptors (Lipinski definition) is 3. The van der Waals surface area contributed by atoms with Crippen LogP contribution in [0.3, 0.4) is 0 Å². The molecule has 100 valence electrons. The highest BCUT2D eigenvalue weighted by atomic mass is 35.5. The maximum Gasteiger partial charge on any atom is 0.336 e. The topological polar surface area (TPSA) is 62.2 Å². The van der Waals surface area contributed by atoms with Crippen molar-refractivity contribution < 1.29 is 9.90 Å². The van der Waals surface area contributed by atoms with Crippen molar-refractivity contribution >= 4 is 18.4 Å². The summed E-state index contributed by atoms with van der Waals surface area (Å²) in [4.78, 5) is 15.0. The van der Waals surface area contributed by atoms with Crippen molar-refractivity contribution in [1.29, 1.82) is 0 Å². The Morgan fingerprint density at radius 1 is 1.11 bits per heavy atom. The third-order valence-corrected chi connectivity index (χ3v) is 2.64. The van der Waals surface area contributed by atoms with Crippen LogP contribution in [-0.4, -0.2) is 16.1 Å². The van der Waals surface area contributed by atoms with E-state index in [0.29, 0.717) is 18.7 Å². The smallest absolute Gasteiger partial charge is 0.336 e. The van der Waals surface area contributed by atoms with Crippen LogP contribution in [0.15, 0.2) is 48.8 Å². The summed E-state index contributed by atoms with van der Waals surface area (Å²) in [5.41, 5.74) is 2.26. The monoisotopic (exact) mass is 278 g/mol. The fraction of sp³-hybridized carbons (Fsp3) is 0.143. The van der Waals surface area contributed by atoms with Crippen molar-refractivity contribution in [3.8, 4) is 0 Å². The SMILES string of the molecule is Cl.O=C(O)c1ccccc1CNCc1ccncc1. The van der Waals surface area contributed by atoms with E-state index >= 15 is 0 Å². The minimum Gasteiger partial charge on any atom is -0.478 e. The van der Waals surface area contributed by atoms with E-state index in [1.54, 1.807) is 24.5 Å². The van der Waals surface area contributed by atoms with E-state index in [4.69, 9.17) is 5.11 Å². The Balaban J connectivity index is 0.00000180. The van der Waals surface area contributed by atoms with Crippen LogP contribution in [0.2, 0.25) is 0 Å². The molecule has 0 fully saturated rings. The third kappa shape index (κ3) is 4.35. The molecule has 19 heavy (non-hydrogen) atoms. The summed E-state index contributed by atoms with van der Waals surface area (Å²) in [7, 11) is 0. The first-order valence-corrected chi connectivity index (χ1v) is 5.68. The second-order valence-corrected chi connectivity index (χ2v) is 3.92. The van der Waals surface area contributed by atoms with Crippen molar-refractivity contribution in [2.75, 3.05) is 0 Å². The van der Waals surface area contributed by atoms with Gasteiger partial charge in [0.1, 0.15) is 0 Å². The molecule has 0 spiro atoms. The zero-order valence-corrected chi connectivity index (χ0v) is 11.1. The minimum atomic E-state index is -0.892. The summed E-state index contributed by atoms with van der Waals surface area (Å²) < 4.78 is 0. The third-order valence-electron chi connectivity index (χ3n) is 2.64. The molecule has 0 radical (unpaired) electrons. The highest BCUT2D eigenvalue weighted by Crippen LogP contribution is 2.08. The Hall–Kier alpha value is -1.91. The molecule has 0 unspecified atom stereocenters. The van der Waals surface area contributed by atoms with Gasteiger partial charge in [0.2, 0.25) is 0 Å². The van der Waals surface area contributed by atoms with Gasteiger partial charge in [0, 0.05) is 25.5 Å². The number of benzene rings is 1. The molecule has 0 aliphatic heterocycles. The second-order valence-electron chi connectivity index (χ2n) is 3.92. The lowest BCUT2D eigenvalue weighted by Gasteiger charge is -2.07. The lowest BCUT2D eigenvalue weighted by atomic mass is 10.1. The molecule has 4 nitrogen and oxygen atoms in total. The van der Waals surface area contributed by atoms with Gasteiger partial charge in [0.15, 0.2) is 0 Å². The Morgan fingerprint density at radius 3 is 2.47 bits per heavy atom. The molecule has 1 heterocycles. The summed E-state index contributed by atoms with van der Waals surface area (Å²) >= 11 is 0. The predicted molar refractivity (Wildman–Crippen MR) is 75.4 cm³/mol. The largest absolute Gasteiger partial charge is 0.478 e. The van der Waals surface area contributed by atoms with Gasteiger partial charge < -0.3 is 10.4 Å². The lowest BCUT2D eigenvalue weighted by molar-refractivity contribution is 0.0695. The van der Waals surface area contributed by atoms with E-state index < -0.39 is 5.97 Å². The van der Waals surface area contributed by atoms with E-state index in [1.165, 1.54) is 0 Å². The number of nitrogens with zero attached hydrogens (tertiary/aromatic N) is 1. The number of aromatic nitrogens is 1. The molecule has 0 saturated carbocycles. The number of pyridine rings is 1. The van der Waals surface area contributed by atoms with Crippen LogP contribution in [0.4, 0.5) is 0 Å². The Bertz CT molecular complexity index is 532. The average Bonchev–Trinajstić information content (AvgIpc) is 2.40. The minimum absolute atomic E-state index is 0. The Kier molecular flexibility index (Phi) is 5.99. The summed E-state index contributed by atoms with van der Waals surface area (Å²) in [5, 5.41) is 12.3. The van der Waals surface area contributed by atoms with Crippen molar-refractivity contribution in [3.63, 3.8) is 0 Å². The lowest BCUT2D eigenvalue weighted by Crippen LogP contribution is -2.15. The van der Waals surface area contributed by atoms with Crippen LogP contribution in [0.1, 0.15) is 21.5 Å². The molecule has 0 atom stereocenters. The molecule has 1 aromatic heterocycles. The van der Waals surface area contributed by atoms with Crippen LogP contribution in [-0.2, 0) is 13.1 Å². The maximum atomic E-state index is 11.0. The number of carboxylic acids is 1. The molecule has 0 saturated heterocycles. The fourth-order valence-corrected chi connectivity index (χ4v) is 1.73. The van der Waals surface area contributed by atoms with Crippen LogP contribution in [0.25, 0.3) is 0 Å². The molecule has 2 N–H and O–H groups in total. The highest BCUT2D eigenvalue weighted by molar-refractivity contribution is 5.89. The van der Waals surface area contributed by atoms with E-state index in [9.17, 15) is 4.79 Å². The highest BCUT2D eigenvalue weighted by Gasteiger charge is 2.07. The van der Waals surface area contributed by atoms with Crippen LogP contribution in [0, 0.1) is 0 Å². The van der Waals surface area contributed by atoms with Gasteiger partial charge in [-0.1, -0.05) is 18.2 Å². The van der Waals surface area contributed by atoms with Gasteiger partial charge in [-0.3, -0.25) is 4.98 Å². The van der Waals surface area contributed by atoms with Crippen molar-refractivity contribution in [3.05, 3.63) is 65.5 Å². The number of halogens is 1. The number of hydrogen-bond donors (Lipinski definition) is 2. The van der Waals surface area contributed by atoms with Gasteiger partial charge >= 0.3 is 5.97 Å². The Labute approximate surface area is 117 Å².